The van der Waals surface area contributed by atoms with Crippen molar-refractivity contribution in [2.75, 3.05) is 12.8 Å². The Morgan fingerprint density at radius 2 is 1.90 bits per heavy atom. The molecule has 2 heterocycles. The second-order valence-corrected chi connectivity index (χ2v) is 10.2. The molecule has 13 heteroatoms. The molecule has 2 aliphatic carbocycles. The van der Waals surface area contributed by atoms with Crippen molar-refractivity contribution in [3.8, 4) is 5.88 Å². The molecule has 0 spiro atoms. The normalized spacial score (nSPS) is 17.4. The van der Waals surface area contributed by atoms with Crippen LogP contribution in [0, 0.1) is 17.8 Å². The van der Waals surface area contributed by atoms with Gasteiger partial charge in [-0.15, -0.1) is 0 Å². The first-order valence-corrected chi connectivity index (χ1v) is 13.1. The fraction of sp³-hybridized carbons (Fsp3) is 0.519. The number of alkyl halides is 3. The Morgan fingerprint density at radius 3 is 2.35 bits per heavy atom. The summed E-state index contributed by atoms with van der Waals surface area (Å²) >= 11 is 0. The zero-order valence-corrected chi connectivity index (χ0v) is 22.7. The minimum absolute atomic E-state index is 0.000655. The van der Waals surface area contributed by atoms with Crippen LogP contribution in [0.5, 0.6) is 5.88 Å². The number of anilines is 1. The van der Waals surface area contributed by atoms with Crippen molar-refractivity contribution in [1.29, 1.82) is 0 Å². The van der Waals surface area contributed by atoms with Gasteiger partial charge in [-0.1, -0.05) is 0 Å². The Balaban J connectivity index is 0.000000222. The van der Waals surface area contributed by atoms with Crippen LogP contribution in [0.2, 0.25) is 0 Å². The number of carbonyl (C=O) groups is 2. The van der Waals surface area contributed by atoms with E-state index in [0.717, 1.165) is 23.4 Å². The number of amides is 1. The smallest absolute Gasteiger partial charge is 0.415 e. The number of methoxy groups -OCH3 is 1. The zero-order valence-electron chi connectivity index (χ0n) is 22.7. The Bertz CT molecular complexity index is 1190. The lowest BCUT2D eigenvalue weighted by Crippen LogP contribution is -2.45. The summed E-state index contributed by atoms with van der Waals surface area (Å²) in [5, 5.41) is 6.48. The van der Waals surface area contributed by atoms with Crippen LogP contribution in [0.3, 0.4) is 0 Å². The number of nitrogen functional groups attached to an aromatic ring is 1. The Kier molecular flexibility index (Phi) is 10.3. The van der Waals surface area contributed by atoms with E-state index < -0.39 is 18.3 Å². The molecule has 1 amide bonds. The second-order valence-electron chi connectivity index (χ2n) is 10.2. The molecular weight excluding hydrogens is 527 g/mol. The third-order valence-electron chi connectivity index (χ3n) is 6.56. The number of carbonyl (C=O) groups excluding carboxylic acids is 2. The van der Waals surface area contributed by atoms with Gasteiger partial charge in [-0.2, -0.15) is 18.3 Å². The van der Waals surface area contributed by atoms with Gasteiger partial charge in [-0.05, 0) is 81.7 Å². The lowest BCUT2D eigenvalue weighted by Gasteiger charge is -2.23. The number of nitrogens with one attached hydrogen (secondary N) is 1. The fourth-order valence-electron chi connectivity index (χ4n) is 4.67. The van der Waals surface area contributed by atoms with Crippen LogP contribution in [0.15, 0.2) is 48.0 Å². The van der Waals surface area contributed by atoms with E-state index in [2.05, 4.69) is 20.4 Å². The van der Waals surface area contributed by atoms with Crippen LogP contribution in [-0.2, 0) is 9.59 Å². The monoisotopic (exact) mass is 563 g/mol. The lowest BCUT2D eigenvalue weighted by molar-refractivity contribution is -0.159. The standard InChI is InChI=1S/C16H25N3O2.C11H11F3N4O/c1-10(2)18-13(7-8-17)16(21)19-14(9-20)15(11-3-4-11)12-5-6-12;1-19-10-8(3-2-4-16-10)9(11(12,13)14)18-6-7(15)5-17-18/h7-12,14-15H,3-6,17H2,1-2H3,(H,19,21);2-6,9H,15H2,1H3/b8-7-,18-13?;. The number of ether oxygens (including phenoxy) is 1. The molecule has 2 saturated carbocycles. The molecule has 4 rings (SSSR count). The van der Waals surface area contributed by atoms with Gasteiger partial charge in [0.25, 0.3) is 5.91 Å². The van der Waals surface area contributed by atoms with Crippen LogP contribution >= 0.6 is 0 Å². The highest BCUT2D eigenvalue weighted by atomic mass is 19.4. The van der Waals surface area contributed by atoms with E-state index in [4.69, 9.17) is 16.2 Å². The molecule has 0 aromatic carbocycles. The van der Waals surface area contributed by atoms with Crippen molar-refractivity contribution >= 4 is 23.6 Å². The minimum atomic E-state index is -4.55. The number of hydrogen-bond donors (Lipinski definition) is 3. The third-order valence-corrected chi connectivity index (χ3v) is 6.56. The number of hydrogen-bond acceptors (Lipinski definition) is 8. The summed E-state index contributed by atoms with van der Waals surface area (Å²) in [6.45, 7) is 3.79. The predicted molar refractivity (Wildman–Crippen MR) is 144 cm³/mol. The quantitative estimate of drug-likeness (QED) is 0.280. The van der Waals surface area contributed by atoms with E-state index in [9.17, 15) is 22.8 Å². The molecule has 5 N–H and O–H groups in total. The van der Waals surface area contributed by atoms with Crippen LogP contribution in [0.25, 0.3) is 0 Å². The number of nitrogens with zero attached hydrogens (tertiary/aromatic N) is 4. The highest BCUT2D eigenvalue weighted by Gasteiger charge is 2.46. The number of aliphatic imine (C=N–C) groups is 1. The largest absolute Gasteiger partial charge is 0.481 e. The zero-order chi connectivity index (χ0) is 29.4. The number of halogens is 3. The fourth-order valence-corrected chi connectivity index (χ4v) is 4.67. The van der Waals surface area contributed by atoms with Gasteiger partial charge in [0.15, 0.2) is 6.04 Å². The van der Waals surface area contributed by atoms with Crippen LogP contribution < -0.4 is 21.5 Å². The molecule has 0 bridgehead atoms. The van der Waals surface area contributed by atoms with Crippen molar-refractivity contribution in [1.82, 2.24) is 20.1 Å². The molecule has 2 aromatic heterocycles. The third kappa shape index (κ3) is 8.30. The summed E-state index contributed by atoms with van der Waals surface area (Å²) < 4.78 is 45.3. The first-order chi connectivity index (χ1) is 19.0. The van der Waals surface area contributed by atoms with Gasteiger partial charge in [0.2, 0.25) is 5.88 Å². The van der Waals surface area contributed by atoms with Crippen molar-refractivity contribution in [2.45, 2.75) is 63.8 Å². The molecule has 0 aliphatic heterocycles. The molecule has 2 fully saturated rings. The summed E-state index contributed by atoms with van der Waals surface area (Å²) in [6, 6.07) is 0.305. The van der Waals surface area contributed by atoms with E-state index in [1.54, 1.807) is 0 Å². The van der Waals surface area contributed by atoms with Gasteiger partial charge >= 0.3 is 6.18 Å². The summed E-state index contributed by atoms with van der Waals surface area (Å²) in [7, 11) is 1.26. The van der Waals surface area contributed by atoms with Crippen molar-refractivity contribution < 1.29 is 27.5 Å². The number of aldehydes is 1. The Labute approximate surface area is 231 Å². The summed E-state index contributed by atoms with van der Waals surface area (Å²) in [5.74, 6) is 1.09. The van der Waals surface area contributed by atoms with Gasteiger partial charge in [-0.25, -0.2) is 4.98 Å². The Hall–Kier alpha value is -3.90. The molecule has 10 nitrogen and oxygen atoms in total. The first-order valence-electron chi connectivity index (χ1n) is 13.1. The maximum Gasteiger partial charge on any atom is 0.415 e. The molecule has 218 valence electrons. The molecule has 0 saturated heterocycles. The molecule has 2 atom stereocenters. The van der Waals surface area contributed by atoms with Gasteiger partial charge in [0.1, 0.15) is 12.0 Å². The number of nitrogens with two attached hydrogens (primary N) is 2. The summed E-state index contributed by atoms with van der Waals surface area (Å²) in [6.07, 6.45) is 7.46. The first kappa shape index (κ1) is 30.6. The SMILES string of the molecule is CC(C)N=C(/C=C\N)C(=O)NC(C=O)C(C1CC1)C1CC1.COc1ncccc1C(n1cc(N)cn1)C(F)(F)F. The summed E-state index contributed by atoms with van der Waals surface area (Å²) in [4.78, 5) is 31.8. The van der Waals surface area contributed by atoms with Gasteiger partial charge in [0, 0.05) is 24.0 Å². The van der Waals surface area contributed by atoms with E-state index in [0.29, 0.717) is 17.8 Å². The van der Waals surface area contributed by atoms with Crippen LogP contribution in [0.4, 0.5) is 18.9 Å². The van der Waals surface area contributed by atoms with Crippen molar-refractivity contribution in [3.63, 3.8) is 0 Å². The lowest BCUT2D eigenvalue weighted by atomic mass is 9.90. The van der Waals surface area contributed by atoms with E-state index in [1.165, 1.54) is 63.4 Å². The molecular formula is C27H36F3N7O3. The number of rotatable bonds is 11. The Morgan fingerprint density at radius 1 is 1.25 bits per heavy atom. The van der Waals surface area contributed by atoms with Gasteiger partial charge in [0.05, 0.1) is 25.0 Å². The highest BCUT2D eigenvalue weighted by molar-refractivity contribution is 6.43. The van der Waals surface area contributed by atoms with E-state index in [1.807, 2.05) is 13.8 Å². The average Bonchev–Trinajstić information content (AvgIpc) is 3.83. The van der Waals surface area contributed by atoms with Crippen molar-refractivity contribution in [3.05, 3.63) is 48.6 Å². The maximum absolute atomic E-state index is 13.2. The molecule has 2 unspecified atom stereocenters. The molecule has 2 aromatic rings. The molecule has 40 heavy (non-hydrogen) atoms. The molecule has 2 aliphatic rings. The highest BCUT2D eigenvalue weighted by Crippen LogP contribution is 2.50. The average molecular weight is 564 g/mol. The predicted octanol–water partition coefficient (Wildman–Crippen LogP) is 3.45. The van der Waals surface area contributed by atoms with Crippen LogP contribution in [-0.4, -0.2) is 58.0 Å². The summed E-state index contributed by atoms with van der Waals surface area (Å²) in [5.41, 5.74) is 11.1. The van der Waals surface area contributed by atoms with Gasteiger partial charge in [-0.3, -0.25) is 14.5 Å². The number of pyridine rings is 1. The van der Waals surface area contributed by atoms with Crippen molar-refractivity contribution in [2.24, 2.45) is 28.5 Å². The van der Waals surface area contributed by atoms with E-state index in [-0.39, 0.29) is 34.8 Å². The topological polar surface area (TPSA) is 151 Å². The minimum Gasteiger partial charge on any atom is -0.481 e. The maximum atomic E-state index is 13.2. The van der Waals surface area contributed by atoms with Crippen LogP contribution in [0.1, 0.15) is 51.1 Å². The second kappa shape index (κ2) is 13.4. The number of aromatic nitrogens is 3. The molecule has 0 radical (unpaired) electrons. The van der Waals surface area contributed by atoms with E-state index >= 15 is 0 Å². The van der Waals surface area contributed by atoms with Gasteiger partial charge < -0.3 is 26.3 Å².